The molecular formula is C16H20N2. The van der Waals surface area contributed by atoms with Crippen LogP contribution in [-0.4, -0.2) is 13.6 Å². The molecule has 2 rings (SSSR count). The van der Waals surface area contributed by atoms with Crippen LogP contribution in [0.1, 0.15) is 17.2 Å². The number of aryl methyl sites for hydroxylation is 1. The number of benzene rings is 2. The van der Waals surface area contributed by atoms with Gasteiger partial charge in [-0.05, 0) is 30.2 Å². The zero-order chi connectivity index (χ0) is 13.0. The lowest BCUT2D eigenvalue weighted by Crippen LogP contribution is -2.28. The number of hydrogen-bond donors (Lipinski definition) is 1. The number of nitrogens with zero attached hydrogens (tertiary/aromatic N) is 1. The monoisotopic (exact) mass is 240 g/mol. The average molecular weight is 240 g/mol. The summed E-state index contributed by atoms with van der Waals surface area (Å²) in [5, 5.41) is 0. The van der Waals surface area contributed by atoms with Gasteiger partial charge in [-0.1, -0.05) is 42.5 Å². The number of nitrogens with two attached hydrogens (primary N) is 1. The molecule has 0 fully saturated rings. The minimum atomic E-state index is 0.0386. The Morgan fingerprint density at radius 1 is 1.06 bits per heavy atom. The fourth-order valence-corrected chi connectivity index (χ4v) is 2.07. The Bertz CT molecular complexity index is 493. The topological polar surface area (TPSA) is 29.3 Å². The smallest absolute Gasteiger partial charge is 0.0473 e. The molecule has 2 heteroatoms. The van der Waals surface area contributed by atoms with E-state index in [9.17, 15) is 0 Å². The summed E-state index contributed by atoms with van der Waals surface area (Å²) in [6.45, 7) is 2.92. The fourth-order valence-electron chi connectivity index (χ4n) is 2.07. The van der Waals surface area contributed by atoms with E-state index in [0.29, 0.717) is 0 Å². The van der Waals surface area contributed by atoms with Crippen molar-refractivity contribution in [3.63, 3.8) is 0 Å². The molecule has 0 bridgehead atoms. The second-order valence-corrected chi connectivity index (χ2v) is 4.74. The quantitative estimate of drug-likeness (QED) is 0.889. The van der Waals surface area contributed by atoms with Crippen molar-refractivity contribution in [3.05, 3.63) is 65.7 Å². The van der Waals surface area contributed by atoms with Crippen molar-refractivity contribution in [2.75, 3.05) is 18.5 Å². The lowest BCUT2D eigenvalue weighted by Gasteiger charge is -2.24. The van der Waals surface area contributed by atoms with E-state index >= 15 is 0 Å². The minimum Gasteiger partial charge on any atom is -0.373 e. The molecule has 2 aromatic rings. The molecule has 0 saturated carbocycles. The van der Waals surface area contributed by atoms with E-state index in [4.69, 9.17) is 5.73 Å². The summed E-state index contributed by atoms with van der Waals surface area (Å²) in [7, 11) is 2.08. The van der Waals surface area contributed by atoms with Crippen LogP contribution in [0.25, 0.3) is 0 Å². The molecule has 0 heterocycles. The van der Waals surface area contributed by atoms with Gasteiger partial charge in [0.15, 0.2) is 0 Å². The van der Waals surface area contributed by atoms with Crippen LogP contribution in [0.5, 0.6) is 0 Å². The van der Waals surface area contributed by atoms with Gasteiger partial charge in [-0.15, -0.1) is 0 Å². The predicted molar refractivity (Wildman–Crippen MR) is 77.8 cm³/mol. The van der Waals surface area contributed by atoms with Crippen LogP contribution in [0.3, 0.4) is 0 Å². The van der Waals surface area contributed by atoms with Gasteiger partial charge in [0.2, 0.25) is 0 Å². The van der Waals surface area contributed by atoms with Crippen LogP contribution in [0, 0.1) is 6.92 Å². The normalized spacial score (nSPS) is 12.2. The molecule has 2 N–H and O–H groups in total. The number of likely N-dealkylation sites (N-methyl/N-ethyl adjacent to an activating group) is 1. The average Bonchev–Trinajstić information content (AvgIpc) is 2.39. The second-order valence-electron chi connectivity index (χ2n) is 4.74. The van der Waals surface area contributed by atoms with Gasteiger partial charge in [0.25, 0.3) is 0 Å². The molecule has 0 aliphatic carbocycles. The lowest BCUT2D eigenvalue weighted by molar-refractivity contribution is 0.703. The van der Waals surface area contributed by atoms with E-state index in [1.165, 1.54) is 16.8 Å². The van der Waals surface area contributed by atoms with Crippen molar-refractivity contribution in [1.82, 2.24) is 0 Å². The van der Waals surface area contributed by atoms with Crippen LogP contribution in [0.2, 0.25) is 0 Å². The maximum Gasteiger partial charge on any atom is 0.0473 e. The summed E-state index contributed by atoms with van der Waals surface area (Å²) in [6, 6.07) is 18.7. The zero-order valence-corrected chi connectivity index (χ0v) is 11.0. The van der Waals surface area contributed by atoms with Gasteiger partial charge in [-0.3, -0.25) is 0 Å². The number of anilines is 1. The van der Waals surface area contributed by atoms with Crippen LogP contribution < -0.4 is 10.6 Å². The van der Waals surface area contributed by atoms with E-state index in [1.54, 1.807) is 0 Å². The van der Waals surface area contributed by atoms with Gasteiger partial charge in [0.1, 0.15) is 0 Å². The predicted octanol–water partition coefficient (Wildman–Crippen LogP) is 3.13. The molecule has 0 radical (unpaired) electrons. The second kappa shape index (κ2) is 5.69. The molecule has 0 aliphatic rings. The summed E-state index contributed by atoms with van der Waals surface area (Å²) in [4.78, 5) is 2.20. The van der Waals surface area contributed by atoms with Crippen molar-refractivity contribution in [1.29, 1.82) is 0 Å². The molecule has 94 valence electrons. The van der Waals surface area contributed by atoms with Gasteiger partial charge >= 0.3 is 0 Å². The Labute approximate surface area is 109 Å². The SMILES string of the molecule is Cc1cccc(N(C)CC(N)c2ccccc2)c1. The molecule has 0 spiro atoms. The van der Waals surface area contributed by atoms with Crippen molar-refractivity contribution in [3.8, 4) is 0 Å². The highest BCUT2D eigenvalue weighted by atomic mass is 15.1. The van der Waals surface area contributed by atoms with E-state index in [0.717, 1.165) is 6.54 Å². The lowest BCUT2D eigenvalue weighted by atomic mass is 10.1. The van der Waals surface area contributed by atoms with E-state index in [2.05, 4.69) is 55.3 Å². The van der Waals surface area contributed by atoms with E-state index in [-0.39, 0.29) is 6.04 Å². The summed E-state index contributed by atoms with van der Waals surface area (Å²) < 4.78 is 0. The van der Waals surface area contributed by atoms with Crippen LogP contribution >= 0.6 is 0 Å². The molecule has 1 unspecified atom stereocenters. The fraction of sp³-hybridized carbons (Fsp3) is 0.250. The Balaban J connectivity index is 2.05. The summed E-state index contributed by atoms with van der Waals surface area (Å²) in [6.07, 6.45) is 0. The first-order valence-corrected chi connectivity index (χ1v) is 6.25. The van der Waals surface area contributed by atoms with Gasteiger partial charge in [0, 0.05) is 25.3 Å². The molecule has 0 aromatic heterocycles. The molecule has 1 atom stereocenters. The van der Waals surface area contributed by atoms with Crippen molar-refractivity contribution < 1.29 is 0 Å². The molecule has 0 amide bonds. The molecule has 2 nitrogen and oxygen atoms in total. The number of rotatable bonds is 4. The van der Waals surface area contributed by atoms with Gasteiger partial charge < -0.3 is 10.6 Å². The maximum atomic E-state index is 6.23. The largest absolute Gasteiger partial charge is 0.373 e. The number of hydrogen-bond acceptors (Lipinski definition) is 2. The first-order chi connectivity index (χ1) is 8.66. The maximum absolute atomic E-state index is 6.23. The Kier molecular flexibility index (Phi) is 4.00. The highest BCUT2D eigenvalue weighted by molar-refractivity contribution is 5.48. The minimum absolute atomic E-state index is 0.0386. The Morgan fingerprint density at radius 2 is 1.78 bits per heavy atom. The van der Waals surface area contributed by atoms with Gasteiger partial charge in [-0.2, -0.15) is 0 Å². The van der Waals surface area contributed by atoms with Crippen LogP contribution in [0.15, 0.2) is 54.6 Å². The van der Waals surface area contributed by atoms with E-state index < -0.39 is 0 Å². The first kappa shape index (κ1) is 12.7. The third-order valence-corrected chi connectivity index (χ3v) is 3.14. The molecule has 0 aliphatic heterocycles. The Hall–Kier alpha value is -1.80. The highest BCUT2D eigenvalue weighted by Gasteiger charge is 2.09. The van der Waals surface area contributed by atoms with Crippen molar-refractivity contribution >= 4 is 5.69 Å². The third kappa shape index (κ3) is 3.11. The third-order valence-electron chi connectivity index (χ3n) is 3.14. The standard InChI is InChI=1S/C16H20N2/c1-13-7-6-10-15(11-13)18(2)12-16(17)14-8-4-3-5-9-14/h3-11,16H,12,17H2,1-2H3. The molecule has 0 saturated heterocycles. The van der Waals surface area contributed by atoms with Crippen molar-refractivity contribution in [2.45, 2.75) is 13.0 Å². The molecule has 2 aromatic carbocycles. The Morgan fingerprint density at radius 3 is 2.44 bits per heavy atom. The van der Waals surface area contributed by atoms with Crippen molar-refractivity contribution in [2.24, 2.45) is 5.73 Å². The van der Waals surface area contributed by atoms with Crippen LogP contribution in [0.4, 0.5) is 5.69 Å². The van der Waals surface area contributed by atoms with Gasteiger partial charge in [-0.25, -0.2) is 0 Å². The zero-order valence-electron chi connectivity index (χ0n) is 11.0. The molecular weight excluding hydrogens is 220 g/mol. The van der Waals surface area contributed by atoms with Gasteiger partial charge in [0.05, 0.1) is 0 Å². The summed E-state index contributed by atoms with van der Waals surface area (Å²) >= 11 is 0. The first-order valence-electron chi connectivity index (χ1n) is 6.25. The summed E-state index contributed by atoms with van der Waals surface area (Å²) in [5.74, 6) is 0. The highest BCUT2D eigenvalue weighted by Crippen LogP contribution is 2.17. The van der Waals surface area contributed by atoms with Crippen LogP contribution in [-0.2, 0) is 0 Å². The van der Waals surface area contributed by atoms with E-state index in [1.807, 2.05) is 18.2 Å². The summed E-state index contributed by atoms with van der Waals surface area (Å²) in [5.41, 5.74) is 9.89. The molecule has 18 heavy (non-hydrogen) atoms.